The van der Waals surface area contributed by atoms with Gasteiger partial charge in [0.2, 0.25) is 0 Å². The molecule has 0 fully saturated rings. The molecule has 4 nitrogen and oxygen atoms in total. The van der Waals surface area contributed by atoms with Crippen molar-refractivity contribution in [2.75, 3.05) is 5.32 Å². The number of nitrogens with one attached hydrogen (secondary N) is 1. The van der Waals surface area contributed by atoms with Crippen LogP contribution in [0.2, 0.25) is 0 Å². The highest BCUT2D eigenvalue weighted by Crippen LogP contribution is 2.26. The van der Waals surface area contributed by atoms with Gasteiger partial charge in [-0.15, -0.1) is 11.3 Å². The van der Waals surface area contributed by atoms with E-state index in [1.807, 2.05) is 52.0 Å². The summed E-state index contributed by atoms with van der Waals surface area (Å²) in [5.74, 6) is 0.530. The number of amides is 1. The van der Waals surface area contributed by atoms with Gasteiger partial charge >= 0.3 is 0 Å². The molecule has 0 saturated carbocycles. The molecule has 106 valence electrons. The van der Waals surface area contributed by atoms with Gasteiger partial charge in [-0.2, -0.15) is 0 Å². The van der Waals surface area contributed by atoms with Gasteiger partial charge < -0.3 is 10.1 Å². The molecule has 0 radical (unpaired) electrons. The van der Waals surface area contributed by atoms with Crippen molar-refractivity contribution in [3.63, 3.8) is 0 Å². The summed E-state index contributed by atoms with van der Waals surface area (Å²) in [6.45, 7) is 7.64. The predicted molar refractivity (Wildman–Crippen MR) is 81.7 cm³/mol. The van der Waals surface area contributed by atoms with Crippen molar-refractivity contribution in [1.29, 1.82) is 0 Å². The highest BCUT2D eigenvalue weighted by atomic mass is 32.1. The average molecular weight is 290 g/mol. The Bertz CT molecular complexity index is 620. The van der Waals surface area contributed by atoms with Crippen molar-refractivity contribution in [2.24, 2.45) is 0 Å². The predicted octanol–water partition coefficient (Wildman–Crippen LogP) is 3.80. The highest BCUT2D eigenvalue weighted by molar-refractivity contribution is 7.13. The van der Waals surface area contributed by atoms with Gasteiger partial charge in [0.05, 0.1) is 22.5 Å². The fraction of sp³-hybridized carbons (Fsp3) is 0.333. The summed E-state index contributed by atoms with van der Waals surface area (Å²) >= 11 is 1.40. The number of aromatic nitrogens is 1. The maximum absolute atomic E-state index is 12.3. The van der Waals surface area contributed by atoms with Crippen molar-refractivity contribution in [3.05, 3.63) is 39.8 Å². The third kappa shape index (κ3) is 3.36. The summed E-state index contributed by atoms with van der Waals surface area (Å²) in [4.78, 5) is 17.2. The van der Waals surface area contributed by atoms with Gasteiger partial charge in [-0.25, -0.2) is 4.98 Å². The van der Waals surface area contributed by atoms with Gasteiger partial charge in [-0.1, -0.05) is 12.1 Å². The van der Waals surface area contributed by atoms with Crippen LogP contribution in [0.25, 0.3) is 0 Å². The first-order valence-corrected chi connectivity index (χ1v) is 7.30. The first-order chi connectivity index (χ1) is 9.47. The Morgan fingerprint density at radius 2 is 2.00 bits per heavy atom. The molecule has 0 bridgehead atoms. The lowest BCUT2D eigenvalue weighted by Crippen LogP contribution is -2.14. The zero-order valence-electron chi connectivity index (χ0n) is 12.1. The lowest BCUT2D eigenvalue weighted by atomic mass is 10.2. The van der Waals surface area contributed by atoms with E-state index in [9.17, 15) is 4.79 Å². The number of benzene rings is 1. The van der Waals surface area contributed by atoms with Gasteiger partial charge in [0.15, 0.2) is 0 Å². The minimum atomic E-state index is -0.145. The molecule has 2 rings (SSSR count). The maximum atomic E-state index is 12.3. The Morgan fingerprint density at radius 1 is 1.30 bits per heavy atom. The fourth-order valence-electron chi connectivity index (χ4n) is 1.85. The van der Waals surface area contributed by atoms with E-state index in [2.05, 4.69) is 10.3 Å². The van der Waals surface area contributed by atoms with Crippen molar-refractivity contribution < 1.29 is 9.53 Å². The second-order valence-electron chi connectivity index (χ2n) is 4.76. The van der Waals surface area contributed by atoms with E-state index in [0.717, 1.165) is 10.7 Å². The van der Waals surface area contributed by atoms with E-state index in [-0.39, 0.29) is 12.0 Å². The Hall–Kier alpha value is -1.88. The number of ether oxygens (including phenoxy) is 1. The molecular formula is C15H18N2O2S. The number of nitrogens with zero attached hydrogens (tertiary/aromatic N) is 1. The second kappa shape index (κ2) is 6.05. The lowest BCUT2D eigenvalue weighted by molar-refractivity contribution is 0.102. The minimum absolute atomic E-state index is 0.0560. The van der Waals surface area contributed by atoms with E-state index in [1.165, 1.54) is 11.3 Å². The zero-order valence-corrected chi connectivity index (χ0v) is 12.9. The first kappa shape index (κ1) is 14.5. The third-order valence-electron chi connectivity index (χ3n) is 2.61. The summed E-state index contributed by atoms with van der Waals surface area (Å²) in [6.07, 6.45) is 0.0560. The number of rotatable bonds is 4. The number of carbonyl (C=O) groups is 1. The Morgan fingerprint density at radius 3 is 2.60 bits per heavy atom. The van der Waals surface area contributed by atoms with Crippen molar-refractivity contribution in [2.45, 2.75) is 33.8 Å². The van der Waals surface area contributed by atoms with Crippen LogP contribution in [0.4, 0.5) is 5.69 Å². The average Bonchev–Trinajstić information content (AvgIpc) is 2.70. The molecule has 0 unspecified atom stereocenters. The standard InChI is InChI=1S/C15H18N2O2S/c1-9(2)19-13-8-6-5-7-12(13)17-15(18)14-10(3)16-11(4)20-14/h5-9H,1-4H3,(H,17,18). The second-order valence-corrected chi connectivity index (χ2v) is 5.97. The number of carbonyl (C=O) groups excluding carboxylic acids is 1. The van der Waals surface area contributed by atoms with Crippen LogP contribution in [0, 0.1) is 13.8 Å². The number of para-hydroxylation sites is 2. The van der Waals surface area contributed by atoms with Crippen molar-refractivity contribution in [1.82, 2.24) is 4.98 Å². The smallest absolute Gasteiger partial charge is 0.267 e. The molecule has 1 N–H and O–H groups in total. The molecule has 1 aromatic carbocycles. The van der Waals surface area contributed by atoms with Gasteiger partial charge in [-0.3, -0.25) is 4.79 Å². The topological polar surface area (TPSA) is 51.2 Å². The summed E-state index contributed by atoms with van der Waals surface area (Å²) in [7, 11) is 0. The SMILES string of the molecule is Cc1nc(C)c(C(=O)Nc2ccccc2OC(C)C)s1. The van der Waals surface area contributed by atoms with E-state index in [4.69, 9.17) is 4.74 Å². The van der Waals surface area contributed by atoms with Crippen LogP contribution in [0.15, 0.2) is 24.3 Å². The molecule has 0 saturated heterocycles. The Labute approximate surface area is 122 Å². The van der Waals surface area contributed by atoms with Crippen molar-refractivity contribution in [3.8, 4) is 5.75 Å². The molecule has 0 atom stereocenters. The molecule has 1 aromatic heterocycles. The molecule has 5 heteroatoms. The Kier molecular flexibility index (Phi) is 4.39. The monoisotopic (exact) mass is 290 g/mol. The normalized spacial score (nSPS) is 10.7. The number of aryl methyl sites for hydroxylation is 2. The molecular weight excluding hydrogens is 272 g/mol. The van der Waals surface area contributed by atoms with E-state index >= 15 is 0 Å². The van der Waals surface area contributed by atoms with E-state index < -0.39 is 0 Å². The van der Waals surface area contributed by atoms with Crippen LogP contribution in [-0.4, -0.2) is 17.0 Å². The molecule has 0 aliphatic rings. The molecule has 0 aliphatic heterocycles. The third-order valence-corrected chi connectivity index (χ3v) is 3.68. The Balaban J connectivity index is 2.22. The van der Waals surface area contributed by atoms with Gasteiger partial charge in [-0.05, 0) is 39.8 Å². The number of anilines is 1. The van der Waals surface area contributed by atoms with Crippen LogP contribution in [0.1, 0.15) is 34.2 Å². The van der Waals surface area contributed by atoms with Gasteiger partial charge in [0.25, 0.3) is 5.91 Å². The van der Waals surface area contributed by atoms with Crippen LogP contribution in [0.3, 0.4) is 0 Å². The van der Waals surface area contributed by atoms with E-state index in [0.29, 0.717) is 16.3 Å². The lowest BCUT2D eigenvalue weighted by Gasteiger charge is -2.14. The van der Waals surface area contributed by atoms with Gasteiger partial charge in [0.1, 0.15) is 10.6 Å². The fourth-order valence-corrected chi connectivity index (χ4v) is 2.66. The van der Waals surface area contributed by atoms with Crippen LogP contribution in [-0.2, 0) is 0 Å². The summed E-state index contributed by atoms with van der Waals surface area (Å²) in [6, 6.07) is 7.43. The first-order valence-electron chi connectivity index (χ1n) is 6.48. The summed E-state index contributed by atoms with van der Waals surface area (Å²) < 4.78 is 5.69. The van der Waals surface area contributed by atoms with Crippen molar-refractivity contribution >= 4 is 22.9 Å². The zero-order chi connectivity index (χ0) is 14.7. The summed E-state index contributed by atoms with van der Waals surface area (Å²) in [5.41, 5.74) is 1.43. The molecule has 0 spiro atoms. The largest absolute Gasteiger partial charge is 0.489 e. The highest BCUT2D eigenvalue weighted by Gasteiger charge is 2.15. The number of hydrogen-bond donors (Lipinski definition) is 1. The molecule has 2 aromatic rings. The van der Waals surface area contributed by atoms with Crippen LogP contribution < -0.4 is 10.1 Å². The molecule has 1 amide bonds. The molecule has 0 aliphatic carbocycles. The summed E-state index contributed by atoms with van der Waals surface area (Å²) in [5, 5.41) is 3.78. The minimum Gasteiger partial charge on any atom is -0.489 e. The molecule has 1 heterocycles. The van der Waals surface area contributed by atoms with E-state index in [1.54, 1.807) is 0 Å². The maximum Gasteiger partial charge on any atom is 0.267 e. The van der Waals surface area contributed by atoms with Crippen LogP contribution >= 0.6 is 11.3 Å². The molecule has 20 heavy (non-hydrogen) atoms. The van der Waals surface area contributed by atoms with Gasteiger partial charge in [0, 0.05) is 0 Å². The quantitative estimate of drug-likeness (QED) is 0.931. The number of thiazole rings is 1. The number of hydrogen-bond acceptors (Lipinski definition) is 4. The van der Waals surface area contributed by atoms with Crippen LogP contribution in [0.5, 0.6) is 5.75 Å².